The molecule has 0 saturated carbocycles. The van der Waals surface area contributed by atoms with Crippen LogP contribution in [0.3, 0.4) is 0 Å². The largest absolute Gasteiger partial charge is 0.416 e. The van der Waals surface area contributed by atoms with Crippen LogP contribution in [0.4, 0.5) is 13.2 Å². The zero-order valence-electron chi connectivity index (χ0n) is 19.8. The molecule has 182 valence electrons. The number of rotatable bonds is 7. The van der Waals surface area contributed by atoms with E-state index in [1.807, 2.05) is 66.4 Å². The highest BCUT2D eigenvalue weighted by molar-refractivity contribution is 5.97. The van der Waals surface area contributed by atoms with E-state index in [0.29, 0.717) is 29.9 Å². The van der Waals surface area contributed by atoms with Crippen molar-refractivity contribution in [2.75, 3.05) is 0 Å². The highest BCUT2D eigenvalue weighted by Crippen LogP contribution is 2.31. The number of alkyl halides is 3. The highest BCUT2D eigenvalue weighted by atomic mass is 19.4. The number of aromatic nitrogens is 3. The fraction of sp³-hybridized carbons (Fsp3) is 0.259. The van der Waals surface area contributed by atoms with E-state index >= 15 is 0 Å². The van der Waals surface area contributed by atoms with Gasteiger partial charge in [-0.2, -0.15) is 13.2 Å². The molecule has 0 radical (unpaired) electrons. The zero-order chi connectivity index (χ0) is 25.2. The molecule has 2 heterocycles. The summed E-state index contributed by atoms with van der Waals surface area (Å²) in [6, 6.07) is 14.7. The van der Waals surface area contributed by atoms with Crippen LogP contribution in [-0.2, 0) is 19.1 Å². The Hall–Kier alpha value is -3.81. The number of hydrogen-bond acceptors (Lipinski definition) is 2. The summed E-state index contributed by atoms with van der Waals surface area (Å²) >= 11 is 0. The maximum atomic E-state index is 13.5. The Balaban J connectivity index is 1.62. The Labute approximate surface area is 202 Å². The maximum Gasteiger partial charge on any atom is 0.416 e. The van der Waals surface area contributed by atoms with Crippen molar-refractivity contribution >= 4 is 5.91 Å². The number of amides is 1. The molecule has 35 heavy (non-hydrogen) atoms. The summed E-state index contributed by atoms with van der Waals surface area (Å²) in [5.41, 5.74) is 3.79. The first-order valence-electron chi connectivity index (χ1n) is 11.3. The first-order chi connectivity index (χ1) is 16.6. The van der Waals surface area contributed by atoms with Gasteiger partial charge in [0.05, 0.1) is 23.5 Å². The van der Waals surface area contributed by atoms with Crippen molar-refractivity contribution in [3.63, 3.8) is 0 Å². The number of nitrogens with one attached hydrogen (secondary N) is 1. The first kappa shape index (κ1) is 24.3. The van der Waals surface area contributed by atoms with Crippen molar-refractivity contribution in [1.29, 1.82) is 0 Å². The molecule has 0 fully saturated rings. The van der Waals surface area contributed by atoms with Gasteiger partial charge in [-0.3, -0.25) is 4.79 Å². The summed E-state index contributed by atoms with van der Waals surface area (Å²) in [6.45, 7) is 6.09. The molecular formula is C27H27F3N4O. The van der Waals surface area contributed by atoms with Gasteiger partial charge in [-0.15, -0.1) is 0 Å². The Kier molecular flexibility index (Phi) is 6.82. The van der Waals surface area contributed by atoms with Crippen LogP contribution in [0.5, 0.6) is 0 Å². The van der Waals surface area contributed by atoms with Gasteiger partial charge in [0, 0.05) is 36.0 Å². The van der Waals surface area contributed by atoms with E-state index in [4.69, 9.17) is 0 Å². The van der Waals surface area contributed by atoms with Crippen molar-refractivity contribution in [1.82, 2.24) is 19.4 Å². The van der Waals surface area contributed by atoms with Gasteiger partial charge >= 0.3 is 6.18 Å². The van der Waals surface area contributed by atoms with Crippen molar-refractivity contribution in [3.05, 3.63) is 107 Å². The molecule has 2 aromatic carbocycles. The number of carbonyl (C=O) groups excluding carboxylic acids is 1. The van der Waals surface area contributed by atoms with Gasteiger partial charge in [0.2, 0.25) is 0 Å². The molecule has 1 N–H and O–H groups in total. The molecule has 5 nitrogen and oxygen atoms in total. The normalized spacial score (nSPS) is 12.5. The second-order valence-corrected chi connectivity index (χ2v) is 8.67. The van der Waals surface area contributed by atoms with Crippen LogP contribution in [-0.4, -0.2) is 26.1 Å². The lowest BCUT2D eigenvalue weighted by Crippen LogP contribution is -2.39. The maximum absolute atomic E-state index is 13.5. The number of carbonyl (C=O) groups is 1. The Morgan fingerprint density at radius 1 is 1.00 bits per heavy atom. The van der Waals surface area contributed by atoms with E-state index in [1.54, 1.807) is 12.5 Å². The van der Waals surface area contributed by atoms with Crippen molar-refractivity contribution in [2.24, 2.45) is 0 Å². The predicted octanol–water partition coefficient (Wildman–Crippen LogP) is 5.66. The molecule has 0 unspecified atom stereocenters. The van der Waals surface area contributed by atoms with E-state index in [2.05, 4.69) is 10.3 Å². The molecule has 0 aliphatic rings. The van der Waals surface area contributed by atoms with E-state index in [9.17, 15) is 18.0 Å². The van der Waals surface area contributed by atoms with Crippen molar-refractivity contribution in [2.45, 2.75) is 46.0 Å². The summed E-state index contributed by atoms with van der Waals surface area (Å²) < 4.78 is 42.8. The molecule has 0 aliphatic carbocycles. The lowest BCUT2D eigenvalue weighted by atomic mass is 10.0. The van der Waals surface area contributed by atoms with Gasteiger partial charge in [-0.05, 0) is 62.6 Å². The molecule has 0 bridgehead atoms. The van der Waals surface area contributed by atoms with Crippen LogP contribution in [0.25, 0.3) is 5.69 Å². The molecule has 1 atom stereocenters. The minimum atomic E-state index is -4.40. The third-order valence-electron chi connectivity index (χ3n) is 6.28. The van der Waals surface area contributed by atoms with Gasteiger partial charge < -0.3 is 14.5 Å². The van der Waals surface area contributed by atoms with E-state index < -0.39 is 11.7 Å². The second-order valence-electron chi connectivity index (χ2n) is 8.67. The molecule has 4 rings (SSSR count). The molecule has 1 amide bonds. The molecule has 4 aromatic rings. The summed E-state index contributed by atoms with van der Waals surface area (Å²) in [5, 5.41) is 3.17. The minimum Gasteiger partial charge on any atom is -0.347 e. The smallest absolute Gasteiger partial charge is 0.347 e. The Morgan fingerprint density at radius 3 is 2.29 bits per heavy atom. The van der Waals surface area contributed by atoms with Gasteiger partial charge in [-0.25, -0.2) is 4.98 Å². The Bertz CT molecular complexity index is 1290. The molecule has 2 aromatic heterocycles. The van der Waals surface area contributed by atoms with Crippen LogP contribution in [0.1, 0.15) is 38.4 Å². The second kappa shape index (κ2) is 9.82. The average molecular weight is 481 g/mol. The average Bonchev–Trinajstić information content (AvgIpc) is 3.40. The Morgan fingerprint density at radius 2 is 1.69 bits per heavy atom. The molecule has 0 saturated heterocycles. The van der Waals surface area contributed by atoms with Gasteiger partial charge in [0.1, 0.15) is 0 Å². The molecular weight excluding hydrogens is 453 g/mol. The van der Waals surface area contributed by atoms with Crippen molar-refractivity contribution in [3.8, 4) is 5.69 Å². The monoisotopic (exact) mass is 480 g/mol. The number of nitrogens with zero attached hydrogens (tertiary/aromatic N) is 3. The standard InChI is InChI=1S/C27H27F3N4O/c1-18-19(2)34(24-11-9-22(10-12-24)27(28,29)30)20(3)25(18)26(35)32-23(16-33-14-13-31-17-33)15-21-7-5-4-6-8-21/h4-14,17,23H,15-16H2,1-3H3,(H,32,35)/t23-/m0/s1. The van der Waals surface area contributed by atoms with Crippen molar-refractivity contribution < 1.29 is 18.0 Å². The fourth-order valence-corrected chi connectivity index (χ4v) is 4.47. The van der Waals surface area contributed by atoms with Gasteiger partial charge in [0.25, 0.3) is 5.91 Å². The van der Waals surface area contributed by atoms with Crippen LogP contribution >= 0.6 is 0 Å². The summed E-state index contributed by atoms with van der Waals surface area (Å²) in [5.74, 6) is -0.213. The van der Waals surface area contributed by atoms with E-state index in [0.717, 1.165) is 29.0 Å². The number of hydrogen-bond donors (Lipinski definition) is 1. The highest BCUT2D eigenvalue weighted by Gasteiger charge is 2.30. The lowest BCUT2D eigenvalue weighted by molar-refractivity contribution is -0.137. The molecule has 8 heteroatoms. The van der Waals surface area contributed by atoms with Crippen LogP contribution in [0.15, 0.2) is 73.3 Å². The lowest BCUT2D eigenvalue weighted by Gasteiger charge is -2.20. The molecule has 0 spiro atoms. The fourth-order valence-electron chi connectivity index (χ4n) is 4.47. The third kappa shape index (κ3) is 5.31. The summed E-state index contributed by atoms with van der Waals surface area (Å²) in [6.07, 6.45) is 1.51. The minimum absolute atomic E-state index is 0.187. The van der Waals surface area contributed by atoms with Crippen LogP contribution < -0.4 is 5.32 Å². The number of halogens is 3. The van der Waals surface area contributed by atoms with E-state index in [-0.39, 0.29) is 11.9 Å². The van der Waals surface area contributed by atoms with Gasteiger partial charge in [-0.1, -0.05) is 30.3 Å². The van der Waals surface area contributed by atoms with Crippen LogP contribution in [0, 0.1) is 20.8 Å². The SMILES string of the molecule is Cc1c(C(=O)N[C@@H](Cc2ccccc2)Cn2ccnc2)c(C)n(-c2ccc(C(F)(F)F)cc2)c1C. The van der Waals surface area contributed by atoms with E-state index in [1.165, 1.54) is 12.1 Å². The first-order valence-corrected chi connectivity index (χ1v) is 11.3. The molecule has 0 aliphatic heterocycles. The summed E-state index contributed by atoms with van der Waals surface area (Å²) in [4.78, 5) is 17.6. The quantitative estimate of drug-likeness (QED) is 0.371. The van der Waals surface area contributed by atoms with Gasteiger partial charge in [0.15, 0.2) is 0 Å². The topological polar surface area (TPSA) is 51.9 Å². The zero-order valence-corrected chi connectivity index (χ0v) is 19.8. The van der Waals surface area contributed by atoms with Crippen LogP contribution in [0.2, 0.25) is 0 Å². The number of benzene rings is 2. The summed E-state index contributed by atoms with van der Waals surface area (Å²) in [7, 11) is 0. The number of imidazole rings is 1. The predicted molar refractivity (Wildman–Crippen MR) is 129 cm³/mol. The third-order valence-corrected chi connectivity index (χ3v) is 6.28.